The average Bonchev–Trinajstić information content (AvgIpc) is 3.09. The van der Waals surface area contributed by atoms with Crippen LogP contribution in [-0.4, -0.2) is 57.7 Å². The van der Waals surface area contributed by atoms with Gasteiger partial charge in [0.1, 0.15) is 6.33 Å². The summed E-state index contributed by atoms with van der Waals surface area (Å²) in [5.41, 5.74) is -3.68. The zero-order chi connectivity index (χ0) is 20.3. The fraction of sp³-hybridized carbons (Fsp3) is 0.438. The van der Waals surface area contributed by atoms with E-state index in [1.54, 1.807) is 0 Å². The second kappa shape index (κ2) is 6.19. The molecule has 0 atom stereocenters. The zero-order valence-electron chi connectivity index (χ0n) is 14.5. The quantitative estimate of drug-likeness (QED) is 0.584. The van der Waals surface area contributed by atoms with Crippen molar-refractivity contribution in [3.8, 4) is 0 Å². The van der Waals surface area contributed by atoms with E-state index in [0.717, 1.165) is 0 Å². The fourth-order valence-electron chi connectivity index (χ4n) is 3.29. The summed E-state index contributed by atoms with van der Waals surface area (Å²) in [4.78, 5) is 8.16. The number of benzene rings is 1. The van der Waals surface area contributed by atoms with Gasteiger partial charge in [0.25, 0.3) is 0 Å². The van der Waals surface area contributed by atoms with Gasteiger partial charge in [-0.05, 0) is 19.2 Å². The molecule has 28 heavy (non-hydrogen) atoms. The molecule has 0 unspecified atom stereocenters. The summed E-state index contributed by atoms with van der Waals surface area (Å²) in [7, 11) is 1.94. The third kappa shape index (κ3) is 3.11. The normalized spacial score (nSPS) is 17.0. The second-order valence-electron chi connectivity index (χ2n) is 6.63. The van der Waals surface area contributed by atoms with Crippen LogP contribution in [0.1, 0.15) is 11.1 Å². The number of nitrogens with zero attached hydrogens (tertiary/aromatic N) is 6. The Morgan fingerprint density at radius 1 is 0.893 bits per heavy atom. The molecule has 1 aliphatic heterocycles. The lowest BCUT2D eigenvalue weighted by Crippen LogP contribution is -2.45. The molecule has 3 heterocycles. The number of fused-ring (bicyclic) bond motifs is 3. The predicted molar refractivity (Wildman–Crippen MR) is 88.0 cm³/mol. The molecule has 150 valence electrons. The maximum absolute atomic E-state index is 13.3. The Hall–Kier alpha value is -2.63. The number of aromatic nitrogens is 4. The number of rotatable bonds is 1. The number of piperazine rings is 1. The van der Waals surface area contributed by atoms with Crippen molar-refractivity contribution in [1.82, 2.24) is 24.5 Å². The van der Waals surface area contributed by atoms with E-state index in [2.05, 4.69) is 20.1 Å². The summed E-state index contributed by atoms with van der Waals surface area (Å²) >= 11 is 0. The van der Waals surface area contributed by atoms with Crippen molar-refractivity contribution in [3.05, 3.63) is 29.6 Å². The van der Waals surface area contributed by atoms with Crippen LogP contribution in [-0.2, 0) is 12.4 Å². The average molecular weight is 404 g/mol. The molecule has 0 radical (unpaired) electrons. The zero-order valence-corrected chi connectivity index (χ0v) is 14.5. The van der Waals surface area contributed by atoms with Crippen LogP contribution in [0.25, 0.3) is 16.7 Å². The first kappa shape index (κ1) is 18.7. The largest absolute Gasteiger partial charge is 0.417 e. The first-order valence-electron chi connectivity index (χ1n) is 8.31. The van der Waals surface area contributed by atoms with E-state index in [4.69, 9.17) is 0 Å². The number of alkyl halides is 6. The van der Waals surface area contributed by atoms with Crippen molar-refractivity contribution in [2.24, 2.45) is 0 Å². The predicted octanol–water partition coefficient (Wildman–Crippen LogP) is 3.07. The molecular weight excluding hydrogens is 390 g/mol. The highest BCUT2D eigenvalue weighted by atomic mass is 19.4. The van der Waals surface area contributed by atoms with E-state index in [1.165, 1.54) is 10.7 Å². The highest BCUT2D eigenvalue weighted by molar-refractivity contribution is 5.84. The summed E-state index contributed by atoms with van der Waals surface area (Å²) in [6, 6.07) is 0.895. The Bertz CT molecular complexity index is 1030. The van der Waals surface area contributed by atoms with Gasteiger partial charge in [0.2, 0.25) is 5.65 Å². The third-order valence-corrected chi connectivity index (χ3v) is 4.76. The van der Waals surface area contributed by atoms with Crippen LogP contribution >= 0.6 is 0 Å². The Morgan fingerprint density at radius 3 is 2.11 bits per heavy atom. The molecule has 2 aromatic heterocycles. The van der Waals surface area contributed by atoms with Crippen LogP contribution in [0.4, 0.5) is 32.2 Å². The summed E-state index contributed by atoms with van der Waals surface area (Å²) < 4.78 is 80.9. The topological polar surface area (TPSA) is 49.6 Å². The lowest BCUT2D eigenvalue weighted by Gasteiger charge is -2.33. The highest BCUT2D eigenvalue weighted by Crippen LogP contribution is 2.42. The molecule has 0 amide bonds. The third-order valence-electron chi connectivity index (χ3n) is 4.76. The molecule has 1 saturated heterocycles. The monoisotopic (exact) mass is 404 g/mol. The first-order valence-corrected chi connectivity index (χ1v) is 8.31. The van der Waals surface area contributed by atoms with Crippen LogP contribution in [0.2, 0.25) is 0 Å². The van der Waals surface area contributed by atoms with Crippen molar-refractivity contribution < 1.29 is 26.3 Å². The van der Waals surface area contributed by atoms with Gasteiger partial charge < -0.3 is 9.80 Å². The second-order valence-corrected chi connectivity index (χ2v) is 6.63. The van der Waals surface area contributed by atoms with E-state index < -0.39 is 23.5 Å². The maximum atomic E-state index is 13.3. The molecule has 0 aliphatic carbocycles. The highest BCUT2D eigenvalue weighted by Gasteiger charge is 2.43. The SMILES string of the molecule is CN1CCN(c2nc3cc(C(F)(F)F)c(C(F)(F)F)cc3n3cnnc23)CC1. The smallest absolute Gasteiger partial charge is 0.351 e. The van der Waals surface area contributed by atoms with Crippen molar-refractivity contribution >= 4 is 22.5 Å². The fourth-order valence-corrected chi connectivity index (χ4v) is 3.29. The van der Waals surface area contributed by atoms with Crippen molar-refractivity contribution in [1.29, 1.82) is 0 Å². The lowest BCUT2D eigenvalue weighted by atomic mass is 10.0. The van der Waals surface area contributed by atoms with E-state index in [1.807, 2.05) is 11.9 Å². The minimum atomic E-state index is -5.17. The van der Waals surface area contributed by atoms with E-state index in [-0.39, 0.29) is 16.7 Å². The van der Waals surface area contributed by atoms with Gasteiger partial charge in [-0.25, -0.2) is 4.98 Å². The molecule has 6 nitrogen and oxygen atoms in total. The van der Waals surface area contributed by atoms with Crippen molar-refractivity contribution in [2.45, 2.75) is 12.4 Å². The molecule has 0 spiro atoms. The standard InChI is InChI=1S/C16H14F6N6/c1-26-2-4-27(5-3-26)13-14-25-23-8-28(14)12-7-10(16(20,21)22)9(15(17,18)19)6-11(12)24-13/h6-8H,2-5H2,1H3. The number of anilines is 1. The van der Waals surface area contributed by atoms with Gasteiger partial charge in [0.05, 0.1) is 22.2 Å². The van der Waals surface area contributed by atoms with Gasteiger partial charge in [-0.15, -0.1) is 10.2 Å². The molecule has 0 bridgehead atoms. The minimum absolute atomic E-state index is 0.141. The van der Waals surface area contributed by atoms with Crippen LogP contribution in [0.5, 0.6) is 0 Å². The van der Waals surface area contributed by atoms with Gasteiger partial charge in [0, 0.05) is 26.2 Å². The van der Waals surface area contributed by atoms with Crippen molar-refractivity contribution in [3.63, 3.8) is 0 Å². The number of halogens is 6. The Labute approximate surface area is 154 Å². The number of hydrogen-bond acceptors (Lipinski definition) is 5. The van der Waals surface area contributed by atoms with Crippen LogP contribution < -0.4 is 4.90 Å². The molecular formula is C16H14F6N6. The molecule has 1 aromatic carbocycles. The summed E-state index contributed by atoms with van der Waals surface area (Å²) in [6.07, 6.45) is -9.17. The maximum Gasteiger partial charge on any atom is 0.417 e. The van der Waals surface area contributed by atoms with E-state index >= 15 is 0 Å². The number of likely N-dealkylation sites (N-methyl/N-ethyl adjacent to an activating group) is 1. The number of hydrogen-bond donors (Lipinski definition) is 0. The molecule has 0 N–H and O–H groups in total. The molecule has 1 aliphatic rings. The molecule has 12 heteroatoms. The van der Waals surface area contributed by atoms with Gasteiger partial charge in [0.15, 0.2) is 5.82 Å². The Morgan fingerprint density at radius 2 is 1.50 bits per heavy atom. The van der Waals surface area contributed by atoms with Gasteiger partial charge >= 0.3 is 12.4 Å². The van der Waals surface area contributed by atoms with Gasteiger partial charge in [-0.3, -0.25) is 4.40 Å². The van der Waals surface area contributed by atoms with E-state index in [9.17, 15) is 26.3 Å². The lowest BCUT2D eigenvalue weighted by molar-refractivity contribution is -0.161. The molecule has 1 fully saturated rings. The molecule has 4 rings (SSSR count). The summed E-state index contributed by atoms with van der Waals surface area (Å²) in [5.74, 6) is 0.297. The first-order chi connectivity index (χ1) is 13.1. The minimum Gasteiger partial charge on any atom is -0.351 e. The van der Waals surface area contributed by atoms with Crippen molar-refractivity contribution in [2.75, 3.05) is 38.1 Å². The van der Waals surface area contributed by atoms with Crippen LogP contribution in [0.3, 0.4) is 0 Å². The molecule has 3 aromatic rings. The van der Waals surface area contributed by atoms with Crippen LogP contribution in [0.15, 0.2) is 18.5 Å². The summed E-state index contributed by atoms with van der Waals surface area (Å²) in [5, 5.41) is 7.64. The Balaban J connectivity index is 1.98. The summed E-state index contributed by atoms with van der Waals surface area (Å²) in [6.45, 7) is 2.54. The van der Waals surface area contributed by atoms with Gasteiger partial charge in [-0.1, -0.05) is 0 Å². The Kier molecular flexibility index (Phi) is 4.14. The van der Waals surface area contributed by atoms with E-state index in [0.29, 0.717) is 44.1 Å². The molecule has 0 saturated carbocycles. The van der Waals surface area contributed by atoms with Crippen LogP contribution in [0, 0.1) is 0 Å². The van der Waals surface area contributed by atoms with Gasteiger partial charge in [-0.2, -0.15) is 26.3 Å².